The standard InChI is InChI=1S/C24H29N3O3/c1-30-21-10-6-5-9-20(21)22(28)26-17-24(18-7-3-2-4-8-18)13-11-19(12-14-24)27-16-15-25-23(27)29/h2-10,19H,11-17H2,1H3,(H,25,29)(H,26,28)/t19-,24-. The molecule has 2 N–H and O–H groups in total. The molecule has 1 saturated carbocycles. The maximum Gasteiger partial charge on any atom is 0.317 e. The molecule has 2 aliphatic rings. The number of nitrogens with one attached hydrogen (secondary N) is 2. The van der Waals surface area contributed by atoms with E-state index in [1.165, 1.54) is 5.56 Å². The number of amides is 3. The molecule has 0 radical (unpaired) electrons. The average Bonchev–Trinajstić information content (AvgIpc) is 3.24. The summed E-state index contributed by atoms with van der Waals surface area (Å²) >= 11 is 0. The summed E-state index contributed by atoms with van der Waals surface area (Å²) in [6, 6.07) is 18.0. The number of hydrogen-bond donors (Lipinski definition) is 2. The molecular formula is C24H29N3O3. The summed E-state index contributed by atoms with van der Waals surface area (Å²) in [5.41, 5.74) is 1.66. The number of para-hydroxylation sites is 1. The van der Waals surface area contributed by atoms with E-state index in [2.05, 4.69) is 34.9 Å². The van der Waals surface area contributed by atoms with Gasteiger partial charge in [0.25, 0.3) is 5.91 Å². The minimum atomic E-state index is -0.133. The minimum Gasteiger partial charge on any atom is -0.496 e. The molecule has 30 heavy (non-hydrogen) atoms. The molecule has 1 saturated heterocycles. The molecule has 2 fully saturated rings. The first-order valence-electron chi connectivity index (χ1n) is 10.6. The van der Waals surface area contributed by atoms with Crippen molar-refractivity contribution in [3.05, 3.63) is 65.7 Å². The monoisotopic (exact) mass is 407 g/mol. The molecule has 2 aromatic carbocycles. The number of nitrogens with zero attached hydrogens (tertiary/aromatic N) is 1. The van der Waals surface area contributed by atoms with Gasteiger partial charge in [0.2, 0.25) is 0 Å². The highest BCUT2D eigenvalue weighted by Gasteiger charge is 2.40. The second-order valence-corrected chi connectivity index (χ2v) is 8.19. The quantitative estimate of drug-likeness (QED) is 0.772. The lowest BCUT2D eigenvalue weighted by molar-refractivity contribution is 0.0925. The van der Waals surface area contributed by atoms with Crippen molar-refractivity contribution < 1.29 is 14.3 Å². The zero-order chi connectivity index (χ0) is 21.0. The van der Waals surface area contributed by atoms with Crippen LogP contribution in [0, 0.1) is 0 Å². The van der Waals surface area contributed by atoms with Gasteiger partial charge in [-0.05, 0) is 43.4 Å². The molecule has 158 valence electrons. The molecule has 0 aromatic heterocycles. The van der Waals surface area contributed by atoms with Crippen molar-refractivity contribution in [3.8, 4) is 5.75 Å². The van der Waals surface area contributed by atoms with Crippen molar-refractivity contribution in [1.29, 1.82) is 0 Å². The summed E-state index contributed by atoms with van der Waals surface area (Å²) in [5, 5.41) is 6.07. The van der Waals surface area contributed by atoms with E-state index in [1.54, 1.807) is 19.2 Å². The average molecular weight is 408 g/mol. The maximum absolute atomic E-state index is 12.9. The van der Waals surface area contributed by atoms with E-state index in [1.807, 2.05) is 23.1 Å². The molecular weight excluding hydrogens is 378 g/mol. The zero-order valence-corrected chi connectivity index (χ0v) is 17.4. The van der Waals surface area contributed by atoms with Crippen molar-refractivity contribution in [2.24, 2.45) is 0 Å². The fourth-order valence-electron chi connectivity index (χ4n) is 4.84. The lowest BCUT2D eigenvalue weighted by atomic mass is 9.68. The smallest absolute Gasteiger partial charge is 0.317 e. The molecule has 6 nitrogen and oxygen atoms in total. The molecule has 1 heterocycles. The number of methoxy groups -OCH3 is 1. The second kappa shape index (κ2) is 8.78. The van der Waals surface area contributed by atoms with E-state index in [-0.39, 0.29) is 23.4 Å². The Morgan fingerprint density at radius 3 is 2.50 bits per heavy atom. The normalized spacial score (nSPS) is 23.7. The molecule has 0 atom stereocenters. The molecule has 0 spiro atoms. The van der Waals surface area contributed by atoms with E-state index < -0.39 is 0 Å². The summed E-state index contributed by atoms with van der Waals surface area (Å²) in [5.74, 6) is 0.455. The molecule has 6 heteroatoms. The lowest BCUT2D eigenvalue weighted by Crippen LogP contribution is -2.48. The highest BCUT2D eigenvalue weighted by molar-refractivity contribution is 5.97. The van der Waals surface area contributed by atoms with Crippen molar-refractivity contribution in [1.82, 2.24) is 15.5 Å². The number of hydrogen-bond acceptors (Lipinski definition) is 3. The molecule has 1 aliphatic heterocycles. The third kappa shape index (κ3) is 3.99. The van der Waals surface area contributed by atoms with E-state index in [0.717, 1.165) is 38.8 Å². The van der Waals surface area contributed by atoms with Gasteiger partial charge in [-0.3, -0.25) is 4.79 Å². The molecule has 1 aliphatic carbocycles. The number of carbonyl (C=O) groups excluding carboxylic acids is 2. The zero-order valence-electron chi connectivity index (χ0n) is 17.4. The Morgan fingerprint density at radius 1 is 1.13 bits per heavy atom. The van der Waals surface area contributed by atoms with E-state index in [4.69, 9.17) is 4.74 Å². The van der Waals surface area contributed by atoms with Gasteiger partial charge in [0.1, 0.15) is 5.75 Å². The third-order valence-electron chi connectivity index (χ3n) is 6.57. The Hall–Kier alpha value is -3.02. The molecule has 4 rings (SSSR count). The summed E-state index contributed by atoms with van der Waals surface area (Å²) in [4.78, 5) is 27.0. The fourth-order valence-corrected chi connectivity index (χ4v) is 4.84. The largest absolute Gasteiger partial charge is 0.496 e. The summed E-state index contributed by atoms with van der Waals surface area (Å²) < 4.78 is 5.34. The molecule has 0 unspecified atom stereocenters. The predicted molar refractivity (Wildman–Crippen MR) is 116 cm³/mol. The van der Waals surface area contributed by atoms with Gasteiger partial charge >= 0.3 is 6.03 Å². The number of rotatable bonds is 6. The Kier molecular flexibility index (Phi) is 5.93. The fraction of sp³-hybridized carbons (Fsp3) is 0.417. The Balaban J connectivity index is 1.50. The minimum absolute atomic E-state index is 0.0525. The van der Waals surface area contributed by atoms with Gasteiger partial charge in [0.05, 0.1) is 12.7 Å². The first-order chi connectivity index (χ1) is 14.6. The van der Waals surface area contributed by atoms with Gasteiger partial charge < -0.3 is 20.3 Å². The van der Waals surface area contributed by atoms with Crippen LogP contribution < -0.4 is 15.4 Å². The first-order valence-corrected chi connectivity index (χ1v) is 10.6. The van der Waals surface area contributed by atoms with Gasteiger partial charge in [-0.25, -0.2) is 4.79 Å². The molecule has 2 aromatic rings. The van der Waals surface area contributed by atoms with Crippen LogP contribution in [0.25, 0.3) is 0 Å². The molecule has 3 amide bonds. The van der Waals surface area contributed by atoms with Crippen molar-refractivity contribution in [3.63, 3.8) is 0 Å². The van der Waals surface area contributed by atoms with E-state index in [9.17, 15) is 9.59 Å². The van der Waals surface area contributed by atoms with Crippen LogP contribution >= 0.6 is 0 Å². The summed E-state index contributed by atoms with van der Waals surface area (Å²) in [6.45, 7) is 2.08. The number of ether oxygens (including phenoxy) is 1. The Bertz CT molecular complexity index is 892. The van der Waals surface area contributed by atoms with Crippen LogP contribution in [0.3, 0.4) is 0 Å². The van der Waals surface area contributed by atoms with Crippen molar-refractivity contribution in [2.75, 3.05) is 26.7 Å². The highest BCUT2D eigenvalue weighted by atomic mass is 16.5. The maximum atomic E-state index is 12.9. The van der Waals surface area contributed by atoms with Gasteiger partial charge in [-0.1, -0.05) is 42.5 Å². The van der Waals surface area contributed by atoms with Crippen LogP contribution in [0.2, 0.25) is 0 Å². The SMILES string of the molecule is COc1ccccc1C(=O)NC[C@]1(c2ccccc2)CC[C@H](N2CCNC2=O)CC1. The van der Waals surface area contributed by atoms with Crippen LogP contribution in [-0.2, 0) is 5.41 Å². The van der Waals surface area contributed by atoms with Gasteiger partial charge in [0.15, 0.2) is 0 Å². The summed E-state index contributed by atoms with van der Waals surface area (Å²) in [6.07, 6.45) is 3.73. The first kappa shape index (κ1) is 20.3. The van der Waals surface area contributed by atoms with Crippen LogP contribution in [0.15, 0.2) is 54.6 Å². The highest BCUT2D eigenvalue weighted by Crippen LogP contribution is 2.40. The number of urea groups is 1. The van der Waals surface area contributed by atoms with Gasteiger partial charge in [-0.2, -0.15) is 0 Å². The van der Waals surface area contributed by atoms with Crippen LogP contribution in [0.5, 0.6) is 5.75 Å². The van der Waals surface area contributed by atoms with Crippen LogP contribution in [0.1, 0.15) is 41.6 Å². The number of carbonyl (C=O) groups is 2. The van der Waals surface area contributed by atoms with Crippen molar-refractivity contribution >= 4 is 11.9 Å². The van der Waals surface area contributed by atoms with E-state index in [0.29, 0.717) is 17.9 Å². The van der Waals surface area contributed by atoms with Gasteiger partial charge in [0, 0.05) is 31.1 Å². The Labute approximate surface area is 177 Å². The van der Waals surface area contributed by atoms with E-state index >= 15 is 0 Å². The Morgan fingerprint density at radius 2 is 1.83 bits per heavy atom. The third-order valence-corrected chi connectivity index (χ3v) is 6.57. The van der Waals surface area contributed by atoms with Crippen LogP contribution in [0.4, 0.5) is 4.79 Å². The predicted octanol–water partition coefficient (Wildman–Crippen LogP) is 3.33. The summed E-state index contributed by atoms with van der Waals surface area (Å²) in [7, 11) is 1.58. The second-order valence-electron chi connectivity index (χ2n) is 8.19. The van der Waals surface area contributed by atoms with Crippen LogP contribution in [-0.4, -0.2) is 49.6 Å². The topological polar surface area (TPSA) is 70.7 Å². The van der Waals surface area contributed by atoms with Crippen molar-refractivity contribution in [2.45, 2.75) is 37.1 Å². The van der Waals surface area contributed by atoms with Gasteiger partial charge in [-0.15, -0.1) is 0 Å². The molecule has 0 bridgehead atoms. The number of benzene rings is 2. The lowest BCUT2D eigenvalue weighted by Gasteiger charge is -2.43.